The van der Waals surface area contributed by atoms with Crippen molar-refractivity contribution in [3.8, 4) is 0 Å². The summed E-state index contributed by atoms with van der Waals surface area (Å²) >= 11 is 11.9. The van der Waals surface area contributed by atoms with Gasteiger partial charge in [0.1, 0.15) is 0 Å². The first-order valence-electron chi connectivity index (χ1n) is 5.37. The average Bonchev–Trinajstić information content (AvgIpc) is 2.65. The van der Waals surface area contributed by atoms with Crippen LogP contribution in [0.3, 0.4) is 0 Å². The highest BCUT2D eigenvalue weighted by Gasteiger charge is 2.26. The molecule has 0 spiro atoms. The van der Waals surface area contributed by atoms with Crippen LogP contribution in [0.5, 0.6) is 0 Å². The highest BCUT2D eigenvalue weighted by atomic mass is 35.5. The van der Waals surface area contributed by atoms with E-state index in [1.807, 2.05) is 0 Å². The van der Waals surface area contributed by atoms with Crippen molar-refractivity contribution in [2.45, 2.75) is 30.7 Å². The molecule has 1 saturated carbocycles. The zero-order chi connectivity index (χ0) is 11.5. The minimum Gasteiger partial charge on any atom is -0.348 e. The smallest absolute Gasteiger partial charge is 0.251 e. The number of amides is 1. The molecule has 1 amide bonds. The van der Waals surface area contributed by atoms with Gasteiger partial charge in [0, 0.05) is 16.6 Å². The molecule has 1 aliphatic carbocycles. The van der Waals surface area contributed by atoms with Crippen molar-refractivity contribution in [1.82, 2.24) is 5.32 Å². The molecule has 0 aromatic heterocycles. The van der Waals surface area contributed by atoms with Crippen molar-refractivity contribution in [2.75, 3.05) is 0 Å². The Morgan fingerprint density at radius 1 is 1.25 bits per heavy atom. The summed E-state index contributed by atoms with van der Waals surface area (Å²) < 4.78 is 0. The van der Waals surface area contributed by atoms with Crippen molar-refractivity contribution >= 4 is 29.1 Å². The van der Waals surface area contributed by atoms with E-state index in [0.717, 1.165) is 19.3 Å². The first kappa shape index (κ1) is 11.7. The van der Waals surface area contributed by atoms with E-state index in [9.17, 15) is 4.79 Å². The third-order valence-electron chi connectivity index (χ3n) is 2.85. The second kappa shape index (κ2) is 5.07. The molecule has 2 unspecified atom stereocenters. The molecule has 0 saturated heterocycles. The molecule has 0 aliphatic heterocycles. The van der Waals surface area contributed by atoms with Crippen LogP contribution in [0.4, 0.5) is 0 Å². The predicted molar refractivity (Wildman–Crippen MR) is 66.2 cm³/mol. The maximum atomic E-state index is 11.8. The summed E-state index contributed by atoms with van der Waals surface area (Å²) in [6.45, 7) is 0. The zero-order valence-electron chi connectivity index (χ0n) is 8.75. The Kier molecular flexibility index (Phi) is 3.72. The number of hydrogen-bond donors (Lipinski definition) is 1. The van der Waals surface area contributed by atoms with Crippen LogP contribution in [0.2, 0.25) is 5.02 Å². The van der Waals surface area contributed by atoms with Gasteiger partial charge < -0.3 is 5.32 Å². The van der Waals surface area contributed by atoms with Gasteiger partial charge in [-0.2, -0.15) is 0 Å². The van der Waals surface area contributed by atoms with E-state index in [2.05, 4.69) is 5.32 Å². The van der Waals surface area contributed by atoms with Crippen molar-refractivity contribution in [3.63, 3.8) is 0 Å². The predicted octanol–water partition coefficient (Wildman–Crippen LogP) is 3.23. The minimum absolute atomic E-state index is 0.0660. The quantitative estimate of drug-likeness (QED) is 0.811. The summed E-state index contributed by atoms with van der Waals surface area (Å²) in [6, 6.07) is 6.96. The third kappa shape index (κ3) is 2.69. The van der Waals surface area contributed by atoms with Crippen LogP contribution in [0.1, 0.15) is 29.6 Å². The molecule has 0 heterocycles. The topological polar surface area (TPSA) is 29.1 Å². The van der Waals surface area contributed by atoms with Gasteiger partial charge in [-0.15, -0.1) is 11.6 Å². The number of nitrogens with one attached hydrogen (secondary N) is 1. The highest BCUT2D eigenvalue weighted by Crippen LogP contribution is 2.24. The fourth-order valence-corrected chi connectivity index (χ4v) is 2.40. The van der Waals surface area contributed by atoms with Crippen LogP contribution in [0.15, 0.2) is 24.3 Å². The third-order valence-corrected chi connectivity index (χ3v) is 3.63. The van der Waals surface area contributed by atoms with Crippen LogP contribution in [-0.2, 0) is 0 Å². The maximum absolute atomic E-state index is 11.8. The lowest BCUT2D eigenvalue weighted by Gasteiger charge is -2.15. The van der Waals surface area contributed by atoms with Gasteiger partial charge in [-0.25, -0.2) is 0 Å². The molecule has 86 valence electrons. The van der Waals surface area contributed by atoms with Gasteiger partial charge >= 0.3 is 0 Å². The molecule has 2 nitrogen and oxygen atoms in total. The van der Waals surface area contributed by atoms with Crippen molar-refractivity contribution in [1.29, 1.82) is 0 Å². The number of carbonyl (C=O) groups is 1. The second-order valence-electron chi connectivity index (χ2n) is 4.03. The standard InChI is InChI=1S/C12H13Cl2NO/c13-9-6-4-8(5-7-9)12(16)15-11-3-1-2-10(11)14/h4-7,10-11H,1-3H2,(H,15,16). The Bertz CT molecular complexity index is 377. The van der Waals surface area contributed by atoms with Gasteiger partial charge in [-0.05, 0) is 43.5 Å². The first-order valence-corrected chi connectivity index (χ1v) is 6.19. The fraction of sp³-hybridized carbons (Fsp3) is 0.417. The highest BCUT2D eigenvalue weighted by molar-refractivity contribution is 6.30. The van der Waals surface area contributed by atoms with Crippen molar-refractivity contribution in [2.24, 2.45) is 0 Å². The lowest BCUT2D eigenvalue weighted by Crippen LogP contribution is -2.37. The summed E-state index contributed by atoms with van der Waals surface area (Å²) in [6.07, 6.45) is 3.03. The first-order chi connectivity index (χ1) is 7.66. The monoisotopic (exact) mass is 257 g/mol. The van der Waals surface area contributed by atoms with Crippen LogP contribution in [0.25, 0.3) is 0 Å². The normalized spacial score (nSPS) is 24.4. The second-order valence-corrected chi connectivity index (χ2v) is 5.03. The number of benzene rings is 1. The molecule has 16 heavy (non-hydrogen) atoms. The van der Waals surface area contributed by atoms with E-state index in [4.69, 9.17) is 23.2 Å². The van der Waals surface area contributed by atoms with Crippen LogP contribution >= 0.6 is 23.2 Å². The largest absolute Gasteiger partial charge is 0.348 e. The molecule has 1 N–H and O–H groups in total. The Morgan fingerprint density at radius 2 is 1.94 bits per heavy atom. The Labute approximate surface area is 105 Å². The summed E-state index contributed by atoms with van der Waals surface area (Å²) in [5.74, 6) is -0.0748. The zero-order valence-corrected chi connectivity index (χ0v) is 10.3. The van der Waals surface area contributed by atoms with E-state index in [0.29, 0.717) is 10.6 Å². The number of alkyl halides is 1. The molecule has 2 rings (SSSR count). The molecule has 4 heteroatoms. The number of carbonyl (C=O) groups excluding carboxylic acids is 1. The molecule has 0 radical (unpaired) electrons. The van der Waals surface area contributed by atoms with Crippen molar-refractivity contribution < 1.29 is 4.79 Å². The molecule has 1 fully saturated rings. The average molecular weight is 258 g/mol. The number of rotatable bonds is 2. The summed E-state index contributed by atoms with van der Waals surface area (Å²) in [7, 11) is 0. The molecule has 2 atom stereocenters. The summed E-state index contributed by atoms with van der Waals surface area (Å²) in [5, 5.41) is 3.65. The Morgan fingerprint density at radius 3 is 2.50 bits per heavy atom. The number of hydrogen-bond acceptors (Lipinski definition) is 1. The SMILES string of the molecule is O=C(NC1CCCC1Cl)c1ccc(Cl)cc1. The van der Waals surface area contributed by atoms with Crippen LogP contribution in [0, 0.1) is 0 Å². The molecule has 0 bridgehead atoms. The summed E-state index contributed by atoms with van der Waals surface area (Å²) in [4.78, 5) is 11.8. The molecule has 1 aliphatic rings. The van der Waals surface area contributed by atoms with Crippen LogP contribution in [-0.4, -0.2) is 17.3 Å². The van der Waals surface area contributed by atoms with Crippen molar-refractivity contribution in [3.05, 3.63) is 34.9 Å². The molecule has 1 aromatic rings. The maximum Gasteiger partial charge on any atom is 0.251 e. The van der Waals surface area contributed by atoms with Gasteiger partial charge in [0.15, 0.2) is 0 Å². The van der Waals surface area contributed by atoms with Gasteiger partial charge in [-0.1, -0.05) is 11.6 Å². The van der Waals surface area contributed by atoms with Gasteiger partial charge in [0.25, 0.3) is 5.91 Å². The van der Waals surface area contributed by atoms with Gasteiger partial charge in [0.2, 0.25) is 0 Å². The van der Waals surface area contributed by atoms with E-state index in [1.165, 1.54) is 0 Å². The summed E-state index contributed by atoms with van der Waals surface area (Å²) in [5.41, 5.74) is 0.625. The van der Waals surface area contributed by atoms with E-state index in [-0.39, 0.29) is 17.3 Å². The van der Waals surface area contributed by atoms with E-state index < -0.39 is 0 Å². The Balaban J connectivity index is 2.00. The molecule has 1 aromatic carbocycles. The number of halogens is 2. The Hall–Kier alpha value is -0.730. The lowest BCUT2D eigenvalue weighted by molar-refractivity contribution is 0.0938. The van der Waals surface area contributed by atoms with E-state index in [1.54, 1.807) is 24.3 Å². The fourth-order valence-electron chi connectivity index (χ4n) is 1.93. The van der Waals surface area contributed by atoms with Crippen LogP contribution < -0.4 is 5.32 Å². The molecular weight excluding hydrogens is 245 g/mol. The van der Waals surface area contributed by atoms with Gasteiger partial charge in [0.05, 0.1) is 5.38 Å². The minimum atomic E-state index is -0.0748. The van der Waals surface area contributed by atoms with Gasteiger partial charge in [-0.3, -0.25) is 4.79 Å². The van der Waals surface area contributed by atoms with E-state index >= 15 is 0 Å². The lowest BCUT2D eigenvalue weighted by atomic mass is 10.2. The molecular formula is C12H13Cl2NO.